The van der Waals surface area contributed by atoms with E-state index in [1.807, 2.05) is 0 Å². The van der Waals surface area contributed by atoms with E-state index in [-0.39, 0.29) is 17.7 Å². The number of alkyl halides is 1. The molecule has 15 heavy (non-hydrogen) atoms. The smallest absolute Gasteiger partial charge is 0.251 e. The third-order valence-corrected chi connectivity index (χ3v) is 2.44. The highest BCUT2D eigenvalue weighted by Crippen LogP contribution is 2.19. The zero-order valence-electron chi connectivity index (χ0n) is 7.84. The predicted octanol–water partition coefficient (Wildman–Crippen LogP) is 1.11. The minimum atomic E-state index is -0.256. The Morgan fingerprint density at radius 2 is 2.33 bits per heavy atom. The molecule has 0 aromatic heterocycles. The Bertz CT molecular complexity index is 431. The first-order valence-corrected chi connectivity index (χ1v) is 5.01. The van der Waals surface area contributed by atoms with E-state index in [0.717, 1.165) is 5.56 Å². The van der Waals surface area contributed by atoms with E-state index in [2.05, 4.69) is 10.6 Å². The molecule has 0 atom stereocenters. The molecule has 0 unspecified atom stereocenters. The number of nitrogens with one attached hydrogen (secondary N) is 2. The third-order valence-electron chi connectivity index (χ3n) is 2.19. The Morgan fingerprint density at radius 1 is 1.53 bits per heavy atom. The topological polar surface area (TPSA) is 58.2 Å². The number of hydrogen-bond donors (Lipinski definition) is 2. The minimum Gasteiger partial charge on any atom is -0.348 e. The second kappa shape index (κ2) is 3.90. The fraction of sp³-hybridized carbons (Fsp3) is 0.200. The summed E-state index contributed by atoms with van der Waals surface area (Å²) in [5, 5.41) is 5.33. The van der Waals surface area contributed by atoms with Crippen LogP contribution >= 0.6 is 11.6 Å². The van der Waals surface area contributed by atoms with Gasteiger partial charge in [0.1, 0.15) is 5.88 Å². The van der Waals surface area contributed by atoms with Crippen LogP contribution in [0.4, 0.5) is 5.69 Å². The van der Waals surface area contributed by atoms with Crippen molar-refractivity contribution in [2.75, 3.05) is 11.2 Å². The van der Waals surface area contributed by atoms with E-state index < -0.39 is 0 Å². The van der Waals surface area contributed by atoms with Crippen molar-refractivity contribution in [2.24, 2.45) is 0 Å². The Hall–Kier alpha value is -1.55. The summed E-state index contributed by atoms with van der Waals surface area (Å²) in [6, 6.07) is 5.16. The number of carbonyl (C=O) groups is 2. The molecule has 1 aromatic carbocycles. The Kier molecular flexibility index (Phi) is 2.60. The van der Waals surface area contributed by atoms with E-state index >= 15 is 0 Å². The van der Waals surface area contributed by atoms with E-state index in [1.165, 1.54) is 0 Å². The van der Waals surface area contributed by atoms with Gasteiger partial charge < -0.3 is 10.6 Å². The number of benzene rings is 1. The molecule has 0 bridgehead atoms. The van der Waals surface area contributed by atoms with Gasteiger partial charge in [0.05, 0.1) is 0 Å². The normalized spacial score (nSPS) is 13.3. The quantitative estimate of drug-likeness (QED) is 0.740. The number of rotatable bonds is 2. The number of amides is 2. The lowest BCUT2D eigenvalue weighted by Crippen LogP contribution is -2.12. The average molecular weight is 225 g/mol. The lowest BCUT2D eigenvalue weighted by Gasteiger charge is -2.04. The summed E-state index contributed by atoms with van der Waals surface area (Å²) in [5.41, 5.74) is 2.22. The van der Waals surface area contributed by atoms with Gasteiger partial charge in [-0.15, -0.1) is 11.6 Å². The largest absolute Gasteiger partial charge is 0.348 e. The molecule has 2 amide bonds. The van der Waals surface area contributed by atoms with E-state index in [4.69, 9.17) is 11.6 Å². The Morgan fingerprint density at radius 3 is 3.07 bits per heavy atom. The standard InChI is InChI=1S/C10H9ClN2O2/c11-4-9(14)13-7-1-2-8-6(3-7)5-12-10(8)15/h1-3H,4-5H2,(H,12,15)(H,13,14). The monoisotopic (exact) mass is 224 g/mol. The van der Waals surface area contributed by atoms with Crippen LogP contribution in [0.1, 0.15) is 15.9 Å². The summed E-state index contributed by atoms with van der Waals surface area (Å²) in [6.07, 6.45) is 0. The van der Waals surface area contributed by atoms with Gasteiger partial charge >= 0.3 is 0 Å². The van der Waals surface area contributed by atoms with Crippen molar-refractivity contribution in [3.05, 3.63) is 29.3 Å². The molecule has 1 aliphatic heterocycles. The van der Waals surface area contributed by atoms with Crippen LogP contribution in [-0.4, -0.2) is 17.7 Å². The van der Waals surface area contributed by atoms with Crippen LogP contribution in [0.25, 0.3) is 0 Å². The van der Waals surface area contributed by atoms with E-state index in [9.17, 15) is 9.59 Å². The van der Waals surface area contributed by atoms with E-state index in [0.29, 0.717) is 17.8 Å². The number of carbonyl (C=O) groups excluding carboxylic acids is 2. The van der Waals surface area contributed by atoms with Crippen LogP contribution in [0.15, 0.2) is 18.2 Å². The van der Waals surface area contributed by atoms with Gasteiger partial charge in [0.2, 0.25) is 5.91 Å². The van der Waals surface area contributed by atoms with Gasteiger partial charge in [-0.2, -0.15) is 0 Å². The first-order valence-electron chi connectivity index (χ1n) is 4.47. The Balaban J connectivity index is 2.23. The summed E-state index contributed by atoms with van der Waals surface area (Å²) >= 11 is 5.36. The van der Waals surface area contributed by atoms with Gasteiger partial charge in [-0.3, -0.25) is 9.59 Å². The minimum absolute atomic E-state index is 0.0692. The first kappa shape index (κ1) is 9.98. The first-order chi connectivity index (χ1) is 7.20. The molecule has 0 spiro atoms. The zero-order valence-corrected chi connectivity index (χ0v) is 8.60. The van der Waals surface area contributed by atoms with Crippen LogP contribution in [0.2, 0.25) is 0 Å². The average Bonchev–Trinajstić information content (AvgIpc) is 2.60. The zero-order chi connectivity index (χ0) is 10.8. The summed E-state index contributed by atoms with van der Waals surface area (Å²) < 4.78 is 0. The summed E-state index contributed by atoms with van der Waals surface area (Å²) in [5.74, 6) is -0.400. The van der Waals surface area contributed by atoms with Crippen molar-refractivity contribution in [1.82, 2.24) is 5.32 Å². The molecule has 0 fully saturated rings. The molecule has 2 N–H and O–H groups in total. The summed E-state index contributed by atoms with van der Waals surface area (Å²) in [6.45, 7) is 0.513. The maximum absolute atomic E-state index is 11.2. The van der Waals surface area contributed by atoms with Gasteiger partial charge in [0.25, 0.3) is 5.91 Å². The number of hydrogen-bond acceptors (Lipinski definition) is 2. The van der Waals surface area contributed by atoms with Gasteiger partial charge in [-0.05, 0) is 23.8 Å². The fourth-order valence-electron chi connectivity index (χ4n) is 1.50. The maximum Gasteiger partial charge on any atom is 0.251 e. The molecule has 1 aliphatic rings. The van der Waals surface area contributed by atoms with Crippen LogP contribution < -0.4 is 10.6 Å². The molecule has 0 aliphatic carbocycles. The molecule has 78 valence electrons. The molecular weight excluding hydrogens is 216 g/mol. The predicted molar refractivity (Wildman–Crippen MR) is 57.0 cm³/mol. The lowest BCUT2D eigenvalue weighted by atomic mass is 10.1. The van der Waals surface area contributed by atoms with Crippen molar-refractivity contribution in [3.8, 4) is 0 Å². The summed E-state index contributed by atoms with van der Waals surface area (Å²) in [4.78, 5) is 22.3. The SMILES string of the molecule is O=C(CCl)Nc1ccc2c(c1)CNC2=O. The molecular formula is C10H9ClN2O2. The van der Waals surface area contributed by atoms with Crippen molar-refractivity contribution in [1.29, 1.82) is 0 Å². The van der Waals surface area contributed by atoms with Crippen LogP contribution in [0.3, 0.4) is 0 Å². The third kappa shape index (κ3) is 1.94. The van der Waals surface area contributed by atoms with Crippen molar-refractivity contribution >= 4 is 29.1 Å². The molecule has 1 aromatic rings. The van der Waals surface area contributed by atoms with Crippen molar-refractivity contribution in [2.45, 2.75) is 6.54 Å². The highest BCUT2D eigenvalue weighted by molar-refractivity contribution is 6.29. The number of halogens is 1. The van der Waals surface area contributed by atoms with Gasteiger partial charge in [0, 0.05) is 17.8 Å². The van der Waals surface area contributed by atoms with Crippen LogP contribution in [-0.2, 0) is 11.3 Å². The van der Waals surface area contributed by atoms with Gasteiger partial charge in [0.15, 0.2) is 0 Å². The Labute approximate surface area is 91.6 Å². The lowest BCUT2D eigenvalue weighted by molar-refractivity contribution is -0.113. The second-order valence-corrected chi connectivity index (χ2v) is 3.50. The highest BCUT2D eigenvalue weighted by Gasteiger charge is 2.18. The number of anilines is 1. The number of fused-ring (bicyclic) bond motifs is 1. The summed E-state index contributed by atoms with van der Waals surface area (Å²) in [7, 11) is 0. The van der Waals surface area contributed by atoms with Crippen molar-refractivity contribution in [3.63, 3.8) is 0 Å². The second-order valence-electron chi connectivity index (χ2n) is 3.24. The van der Waals surface area contributed by atoms with Crippen LogP contribution in [0, 0.1) is 0 Å². The molecule has 1 heterocycles. The maximum atomic E-state index is 11.2. The van der Waals surface area contributed by atoms with Crippen LogP contribution in [0.5, 0.6) is 0 Å². The molecule has 0 saturated carbocycles. The molecule has 5 heteroatoms. The molecule has 0 radical (unpaired) electrons. The fourth-order valence-corrected chi connectivity index (χ4v) is 1.57. The molecule has 2 rings (SSSR count). The van der Waals surface area contributed by atoms with E-state index in [1.54, 1.807) is 18.2 Å². The highest BCUT2D eigenvalue weighted by atomic mass is 35.5. The molecule has 0 saturated heterocycles. The molecule has 4 nitrogen and oxygen atoms in total. The van der Waals surface area contributed by atoms with Gasteiger partial charge in [-0.1, -0.05) is 0 Å². The van der Waals surface area contributed by atoms with Gasteiger partial charge in [-0.25, -0.2) is 0 Å². The van der Waals surface area contributed by atoms with Crippen molar-refractivity contribution < 1.29 is 9.59 Å².